The Morgan fingerprint density at radius 2 is 1.67 bits per heavy atom. The van der Waals surface area contributed by atoms with Crippen LogP contribution in [0.4, 0.5) is 0 Å². The third-order valence-electron chi connectivity index (χ3n) is 3.53. The van der Waals surface area contributed by atoms with E-state index in [-0.39, 0.29) is 17.7 Å². The number of piperazine rings is 1. The Balaban J connectivity index is 1.77. The minimum absolute atomic E-state index is 0.150. The number of rotatable bonds is 3. The molecule has 0 saturated carbocycles. The van der Waals surface area contributed by atoms with Crippen molar-refractivity contribution >= 4 is 11.8 Å². The van der Waals surface area contributed by atoms with E-state index in [1.165, 1.54) is 0 Å². The highest BCUT2D eigenvalue weighted by Crippen LogP contribution is 2.11. The standard InChI is InChI=1S/C12H22N4O2/c1-14(2)9-11(17)15-3-5-16(6-4-15)12(18)10-7-13-8-10/h10,13H,3-9H2,1-2H3. The summed E-state index contributed by atoms with van der Waals surface area (Å²) in [5.41, 5.74) is 0. The van der Waals surface area contributed by atoms with E-state index in [0.717, 1.165) is 13.1 Å². The molecular formula is C12H22N4O2. The number of hydrogen-bond donors (Lipinski definition) is 1. The van der Waals surface area contributed by atoms with Gasteiger partial charge >= 0.3 is 0 Å². The summed E-state index contributed by atoms with van der Waals surface area (Å²) in [6, 6.07) is 0. The number of carbonyl (C=O) groups excluding carboxylic acids is 2. The second kappa shape index (κ2) is 5.67. The van der Waals surface area contributed by atoms with Crippen molar-refractivity contribution in [1.82, 2.24) is 20.0 Å². The molecule has 0 radical (unpaired) electrons. The summed E-state index contributed by atoms with van der Waals surface area (Å²) in [5, 5.41) is 3.11. The molecule has 2 heterocycles. The quantitative estimate of drug-likeness (QED) is 0.662. The summed E-state index contributed by atoms with van der Waals surface area (Å²) in [5.74, 6) is 0.555. The monoisotopic (exact) mass is 254 g/mol. The van der Waals surface area contributed by atoms with Gasteiger partial charge in [0.25, 0.3) is 0 Å². The molecule has 18 heavy (non-hydrogen) atoms. The molecule has 0 unspecified atom stereocenters. The van der Waals surface area contributed by atoms with E-state index in [4.69, 9.17) is 0 Å². The van der Waals surface area contributed by atoms with Crippen LogP contribution in [-0.4, -0.2) is 86.4 Å². The van der Waals surface area contributed by atoms with Gasteiger partial charge < -0.3 is 20.0 Å². The minimum Gasteiger partial charge on any atom is -0.339 e. The average molecular weight is 254 g/mol. The maximum Gasteiger partial charge on any atom is 0.236 e. The first kappa shape index (κ1) is 13.3. The summed E-state index contributed by atoms with van der Waals surface area (Å²) >= 11 is 0. The maximum absolute atomic E-state index is 12.0. The molecule has 2 saturated heterocycles. The number of likely N-dealkylation sites (N-methyl/N-ethyl adjacent to an activating group) is 1. The molecule has 2 rings (SSSR count). The van der Waals surface area contributed by atoms with Crippen molar-refractivity contribution in [3.63, 3.8) is 0 Å². The minimum atomic E-state index is 0.150. The molecule has 0 aliphatic carbocycles. The van der Waals surface area contributed by atoms with Crippen LogP contribution in [0, 0.1) is 5.92 Å². The SMILES string of the molecule is CN(C)CC(=O)N1CCN(C(=O)C2CNC2)CC1. The van der Waals surface area contributed by atoms with E-state index in [1.54, 1.807) is 0 Å². The molecule has 1 N–H and O–H groups in total. The lowest BCUT2D eigenvalue weighted by molar-refractivity contribution is -0.143. The first-order valence-electron chi connectivity index (χ1n) is 6.50. The van der Waals surface area contributed by atoms with E-state index in [9.17, 15) is 9.59 Å². The molecule has 0 bridgehead atoms. The smallest absolute Gasteiger partial charge is 0.236 e. The van der Waals surface area contributed by atoms with Crippen molar-refractivity contribution in [1.29, 1.82) is 0 Å². The summed E-state index contributed by atoms with van der Waals surface area (Å²) in [6.45, 7) is 4.73. The predicted molar refractivity (Wildman–Crippen MR) is 68.1 cm³/mol. The molecule has 0 aromatic heterocycles. The molecule has 0 spiro atoms. The first-order chi connectivity index (χ1) is 8.58. The van der Waals surface area contributed by atoms with Crippen LogP contribution in [-0.2, 0) is 9.59 Å². The van der Waals surface area contributed by atoms with Gasteiger partial charge in [-0.3, -0.25) is 9.59 Å². The van der Waals surface area contributed by atoms with Crippen LogP contribution in [0.2, 0.25) is 0 Å². The highest BCUT2D eigenvalue weighted by molar-refractivity contribution is 5.81. The third kappa shape index (κ3) is 3.00. The molecule has 102 valence electrons. The van der Waals surface area contributed by atoms with E-state index in [2.05, 4.69) is 5.32 Å². The van der Waals surface area contributed by atoms with Gasteiger partial charge in [0.1, 0.15) is 0 Å². The van der Waals surface area contributed by atoms with Gasteiger partial charge in [0.05, 0.1) is 12.5 Å². The number of nitrogens with one attached hydrogen (secondary N) is 1. The summed E-state index contributed by atoms with van der Waals surface area (Å²) in [4.78, 5) is 29.5. The topological polar surface area (TPSA) is 55.9 Å². The summed E-state index contributed by atoms with van der Waals surface area (Å²) in [7, 11) is 3.78. The fourth-order valence-corrected chi connectivity index (χ4v) is 2.27. The average Bonchev–Trinajstić information content (AvgIpc) is 2.26. The third-order valence-corrected chi connectivity index (χ3v) is 3.53. The van der Waals surface area contributed by atoms with Crippen molar-refractivity contribution in [3.8, 4) is 0 Å². The van der Waals surface area contributed by atoms with Crippen molar-refractivity contribution in [3.05, 3.63) is 0 Å². The Bertz CT molecular complexity index is 320. The first-order valence-corrected chi connectivity index (χ1v) is 6.50. The van der Waals surface area contributed by atoms with Crippen molar-refractivity contribution in [2.24, 2.45) is 5.92 Å². The van der Waals surface area contributed by atoms with E-state index >= 15 is 0 Å². The zero-order valence-electron chi connectivity index (χ0n) is 11.2. The molecular weight excluding hydrogens is 232 g/mol. The number of nitrogens with zero attached hydrogens (tertiary/aromatic N) is 3. The van der Waals surface area contributed by atoms with E-state index in [1.807, 2.05) is 28.8 Å². The highest BCUT2D eigenvalue weighted by atomic mass is 16.2. The van der Waals surface area contributed by atoms with Crippen LogP contribution < -0.4 is 5.32 Å². The molecule has 6 nitrogen and oxygen atoms in total. The fourth-order valence-electron chi connectivity index (χ4n) is 2.27. The van der Waals surface area contributed by atoms with Gasteiger partial charge in [0, 0.05) is 39.3 Å². The molecule has 6 heteroatoms. The summed E-state index contributed by atoms with van der Waals surface area (Å²) in [6.07, 6.45) is 0. The Hall–Kier alpha value is -1.14. The Morgan fingerprint density at radius 3 is 2.11 bits per heavy atom. The highest BCUT2D eigenvalue weighted by Gasteiger charge is 2.31. The van der Waals surface area contributed by atoms with Crippen LogP contribution in [0.3, 0.4) is 0 Å². The molecule has 0 aromatic rings. The van der Waals surface area contributed by atoms with E-state index in [0.29, 0.717) is 32.7 Å². The Morgan fingerprint density at radius 1 is 1.11 bits per heavy atom. The van der Waals surface area contributed by atoms with Crippen LogP contribution in [0.15, 0.2) is 0 Å². The lowest BCUT2D eigenvalue weighted by Gasteiger charge is -2.38. The van der Waals surface area contributed by atoms with Gasteiger partial charge in [0.15, 0.2) is 0 Å². The van der Waals surface area contributed by atoms with Crippen LogP contribution in [0.1, 0.15) is 0 Å². The van der Waals surface area contributed by atoms with Gasteiger partial charge in [-0.1, -0.05) is 0 Å². The van der Waals surface area contributed by atoms with Gasteiger partial charge in [-0.25, -0.2) is 0 Å². The van der Waals surface area contributed by atoms with Crippen molar-refractivity contribution in [2.75, 3.05) is 59.9 Å². The molecule has 0 aromatic carbocycles. The second-order valence-corrected chi connectivity index (χ2v) is 5.30. The number of carbonyl (C=O) groups is 2. The maximum atomic E-state index is 12.0. The van der Waals surface area contributed by atoms with Crippen molar-refractivity contribution < 1.29 is 9.59 Å². The van der Waals surface area contributed by atoms with Gasteiger partial charge in [-0.15, -0.1) is 0 Å². The molecule has 2 fully saturated rings. The Kier molecular flexibility index (Phi) is 4.19. The zero-order chi connectivity index (χ0) is 13.1. The largest absolute Gasteiger partial charge is 0.339 e. The normalized spacial score (nSPS) is 21.1. The zero-order valence-corrected chi connectivity index (χ0v) is 11.2. The van der Waals surface area contributed by atoms with Crippen molar-refractivity contribution in [2.45, 2.75) is 0 Å². The van der Waals surface area contributed by atoms with Gasteiger partial charge in [0.2, 0.25) is 11.8 Å². The molecule has 2 aliphatic heterocycles. The van der Waals surface area contributed by atoms with Gasteiger partial charge in [-0.2, -0.15) is 0 Å². The van der Waals surface area contributed by atoms with Crippen LogP contribution in [0.5, 0.6) is 0 Å². The number of amides is 2. The predicted octanol–water partition coefficient (Wildman–Crippen LogP) is -1.56. The number of hydrogen-bond acceptors (Lipinski definition) is 4. The lowest BCUT2D eigenvalue weighted by Crippen LogP contribution is -2.57. The fraction of sp³-hybridized carbons (Fsp3) is 0.833. The van der Waals surface area contributed by atoms with Crippen LogP contribution in [0.25, 0.3) is 0 Å². The lowest BCUT2D eigenvalue weighted by atomic mass is 10.0. The molecule has 2 aliphatic rings. The second-order valence-electron chi connectivity index (χ2n) is 5.30. The summed E-state index contributed by atoms with van der Waals surface area (Å²) < 4.78 is 0. The molecule has 0 atom stereocenters. The van der Waals surface area contributed by atoms with Gasteiger partial charge in [-0.05, 0) is 14.1 Å². The van der Waals surface area contributed by atoms with Crippen LogP contribution >= 0.6 is 0 Å². The molecule has 2 amide bonds. The van der Waals surface area contributed by atoms with E-state index < -0.39 is 0 Å². The Labute approximate surface area is 108 Å².